The fraction of sp³-hybridized carbons (Fsp3) is 0.857. The normalized spacial score (nSPS) is 17.3. The van der Waals surface area contributed by atoms with Gasteiger partial charge in [0.25, 0.3) is 0 Å². The molecular weight excluding hydrogens is 244 g/mol. The van der Waals surface area contributed by atoms with Crippen molar-refractivity contribution in [1.29, 1.82) is 0 Å². The van der Waals surface area contributed by atoms with Gasteiger partial charge < -0.3 is 16.2 Å². The molecule has 0 rings (SSSR count). The zero-order valence-electron chi connectivity index (χ0n) is 12.5. The van der Waals surface area contributed by atoms with E-state index in [1.165, 1.54) is 0 Å². The molecule has 0 aromatic carbocycles. The van der Waals surface area contributed by atoms with Crippen molar-refractivity contribution in [2.75, 3.05) is 0 Å². The van der Waals surface area contributed by atoms with Crippen molar-refractivity contribution in [3.63, 3.8) is 0 Å². The lowest BCUT2D eigenvalue weighted by Crippen LogP contribution is -2.49. The number of nitrogens with two attached hydrogens (primary N) is 1. The van der Waals surface area contributed by atoms with E-state index in [-0.39, 0.29) is 24.3 Å². The van der Waals surface area contributed by atoms with Gasteiger partial charge in [-0.1, -0.05) is 40.5 Å². The van der Waals surface area contributed by atoms with Crippen molar-refractivity contribution in [1.82, 2.24) is 5.32 Å². The van der Waals surface area contributed by atoms with Crippen LogP contribution in [-0.4, -0.2) is 29.1 Å². The zero-order chi connectivity index (χ0) is 15.0. The van der Waals surface area contributed by atoms with Gasteiger partial charge in [0.05, 0.1) is 12.5 Å². The highest BCUT2D eigenvalue weighted by Crippen LogP contribution is 2.13. The number of rotatable bonds is 9. The third-order valence-electron chi connectivity index (χ3n) is 3.71. The van der Waals surface area contributed by atoms with Gasteiger partial charge in [-0.25, -0.2) is 0 Å². The van der Waals surface area contributed by atoms with E-state index < -0.39 is 12.0 Å². The van der Waals surface area contributed by atoms with Crippen molar-refractivity contribution in [3.8, 4) is 0 Å². The quantitative estimate of drug-likeness (QED) is 0.596. The number of carboxylic acid groups (broad SMARTS) is 1. The largest absolute Gasteiger partial charge is 0.481 e. The number of carbonyl (C=O) groups is 2. The fourth-order valence-electron chi connectivity index (χ4n) is 1.87. The maximum Gasteiger partial charge on any atom is 0.305 e. The topological polar surface area (TPSA) is 92.4 Å². The lowest BCUT2D eigenvalue weighted by atomic mass is 9.95. The van der Waals surface area contributed by atoms with E-state index in [1.54, 1.807) is 0 Å². The minimum Gasteiger partial charge on any atom is -0.481 e. The van der Waals surface area contributed by atoms with E-state index in [4.69, 9.17) is 10.8 Å². The van der Waals surface area contributed by atoms with E-state index in [1.807, 2.05) is 13.8 Å². The number of aliphatic carboxylic acids is 1. The lowest BCUT2D eigenvalue weighted by Gasteiger charge is -2.24. The summed E-state index contributed by atoms with van der Waals surface area (Å²) in [5.74, 6) is -0.673. The van der Waals surface area contributed by atoms with Gasteiger partial charge in [-0.05, 0) is 18.3 Å². The van der Waals surface area contributed by atoms with Gasteiger partial charge >= 0.3 is 5.97 Å². The van der Waals surface area contributed by atoms with Gasteiger partial charge in [-0.2, -0.15) is 0 Å². The van der Waals surface area contributed by atoms with Crippen LogP contribution in [0.15, 0.2) is 0 Å². The van der Waals surface area contributed by atoms with E-state index >= 15 is 0 Å². The average Bonchev–Trinajstić information content (AvgIpc) is 2.35. The Balaban J connectivity index is 4.53. The van der Waals surface area contributed by atoms with Crippen LogP contribution in [0.5, 0.6) is 0 Å². The molecule has 0 saturated heterocycles. The number of carbonyl (C=O) groups excluding carboxylic acids is 1. The Kier molecular flexibility index (Phi) is 8.39. The predicted octanol–water partition coefficient (Wildman–Crippen LogP) is 1.76. The first-order chi connectivity index (χ1) is 8.81. The number of nitrogens with one attached hydrogen (secondary N) is 1. The summed E-state index contributed by atoms with van der Waals surface area (Å²) >= 11 is 0. The van der Waals surface area contributed by atoms with Crippen LogP contribution in [0.2, 0.25) is 0 Å². The summed E-state index contributed by atoms with van der Waals surface area (Å²) in [6, 6.07) is -0.909. The molecule has 4 N–H and O–H groups in total. The van der Waals surface area contributed by atoms with E-state index in [0.29, 0.717) is 12.3 Å². The Morgan fingerprint density at radius 2 is 1.79 bits per heavy atom. The summed E-state index contributed by atoms with van der Waals surface area (Å²) in [4.78, 5) is 22.8. The Bertz CT molecular complexity index is 294. The summed E-state index contributed by atoms with van der Waals surface area (Å²) in [6.45, 7) is 8.00. The van der Waals surface area contributed by atoms with Crippen LogP contribution in [0.3, 0.4) is 0 Å². The third kappa shape index (κ3) is 7.15. The molecule has 0 fully saturated rings. The van der Waals surface area contributed by atoms with Gasteiger partial charge in [0, 0.05) is 6.04 Å². The van der Waals surface area contributed by atoms with Gasteiger partial charge in [-0.3, -0.25) is 9.59 Å². The first kappa shape index (κ1) is 17.9. The van der Waals surface area contributed by atoms with Gasteiger partial charge in [-0.15, -0.1) is 0 Å². The summed E-state index contributed by atoms with van der Waals surface area (Å²) in [7, 11) is 0. The van der Waals surface area contributed by atoms with Crippen LogP contribution >= 0.6 is 0 Å². The molecule has 0 aliphatic rings. The van der Waals surface area contributed by atoms with Crippen LogP contribution in [0.1, 0.15) is 53.4 Å². The van der Waals surface area contributed by atoms with Gasteiger partial charge in [0.1, 0.15) is 0 Å². The molecule has 0 spiro atoms. The number of amides is 1. The number of hydrogen-bond donors (Lipinski definition) is 3. The Hall–Kier alpha value is -1.10. The van der Waals surface area contributed by atoms with Crippen LogP contribution < -0.4 is 11.1 Å². The monoisotopic (exact) mass is 272 g/mol. The molecule has 0 aliphatic carbocycles. The summed E-state index contributed by atoms with van der Waals surface area (Å²) < 4.78 is 0. The van der Waals surface area contributed by atoms with Crippen LogP contribution in [-0.2, 0) is 9.59 Å². The van der Waals surface area contributed by atoms with Crippen molar-refractivity contribution in [2.45, 2.75) is 65.5 Å². The molecule has 19 heavy (non-hydrogen) atoms. The molecule has 0 aromatic heterocycles. The van der Waals surface area contributed by atoms with Crippen molar-refractivity contribution in [2.24, 2.45) is 17.6 Å². The van der Waals surface area contributed by atoms with Crippen molar-refractivity contribution >= 4 is 11.9 Å². The molecular formula is C14H28N2O3. The predicted molar refractivity (Wildman–Crippen MR) is 75.7 cm³/mol. The standard InChI is InChI=1S/C14H28N2O3/c1-5-9(3)7-11(8-12(17)18)16-14(19)13(15)10(4)6-2/h9-11,13H,5-8,15H2,1-4H3,(H,16,19)(H,17,18)/t9?,10?,11?,13-/m0/s1. The number of hydrogen-bond acceptors (Lipinski definition) is 3. The number of carboxylic acids is 1. The highest BCUT2D eigenvalue weighted by Gasteiger charge is 2.24. The molecule has 112 valence electrons. The Morgan fingerprint density at radius 3 is 2.21 bits per heavy atom. The highest BCUT2D eigenvalue weighted by molar-refractivity contribution is 5.82. The molecule has 4 atom stereocenters. The average molecular weight is 272 g/mol. The fourth-order valence-corrected chi connectivity index (χ4v) is 1.87. The molecule has 0 bridgehead atoms. The second-order valence-corrected chi connectivity index (χ2v) is 5.46. The molecule has 5 heteroatoms. The summed E-state index contributed by atoms with van der Waals surface area (Å²) in [5, 5.41) is 11.7. The molecule has 0 saturated carbocycles. The summed E-state index contributed by atoms with van der Waals surface area (Å²) in [6.07, 6.45) is 2.40. The zero-order valence-corrected chi connectivity index (χ0v) is 12.5. The van der Waals surface area contributed by atoms with Crippen LogP contribution in [0.25, 0.3) is 0 Å². The smallest absolute Gasteiger partial charge is 0.305 e. The molecule has 3 unspecified atom stereocenters. The van der Waals surface area contributed by atoms with E-state index in [0.717, 1.165) is 12.8 Å². The van der Waals surface area contributed by atoms with E-state index in [2.05, 4.69) is 19.2 Å². The molecule has 0 aromatic rings. The summed E-state index contributed by atoms with van der Waals surface area (Å²) in [5.41, 5.74) is 5.85. The van der Waals surface area contributed by atoms with Crippen LogP contribution in [0, 0.1) is 11.8 Å². The maximum atomic E-state index is 12.0. The van der Waals surface area contributed by atoms with Gasteiger partial charge in [0.2, 0.25) is 5.91 Å². The molecule has 0 radical (unpaired) electrons. The molecule has 0 aliphatic heterocycles. The third-order valence-corrected chi connectivity index (χ3v) is 3.71. The minimum atomic E-state index is -0.897. The Morgan fingerprint density at radius 1 is 1.21 bits per heavy atom. The molecule has 5 nitrogen and oxygen atoms in total. The first-order valence-electron chi connectivity index (χ1n) is 7.09. The molecule has 1 amide bonds. The highest BCUT2D eigenvalue weighted by atomic mass is 16.4. The van der Waals surface area contributed by atoms with E-state index in [9.17, 15) is 9.59 Å². The first-order valence-corrected chi connectivity index (χ1v) is 7.09. The minimum absolute atomic E-state index is 0.0523. The Labute approximate surface area is 115 Å². The molecule has 0 heterocycles. The second kappa shape index (κ2) is 8.91. The maximum absolute atomic E-state index is 12.0. The van der Waals surface area contributed by atoms with Gasteiger partial charge in [0.15, 0.2) is 0 Å². The van der Waals surface area contributed by atoms with Crippen LogP contribution in [0.4, 0.5) is 0 Å². The second-order valence-electron chi connectivity index (χ2n) is 5.46. The van der Waals surface area contributed by atoms with Crippen molar-refractivity contribution in [3.05, 3.63) is 0 Å². The SMILES string of the molecule is CCC(C)CC(CC(=O)O)NC(=O)[C@@H](N)C(C)CC. The lowest BCUT2D eigenvalue weighted by molar-refractivity contribution is -0.137. The van der Waals surface area contributed by atoms with Crippen molar-refractivity contribution < 1.29 is 14.7 Å².